The van der Waals surface area contributed by atoms with Gasteiger partial charge in [0.15, 0.2) is 0 Å². The summed E-state index contributed by atoms with van der Waals surface area (Å²) in [6.45, 7) is 15.4. The van der Waals surface area contributed by atoms with Gasteiger partial charge >= 0.3 is 0 Å². The molecule has 0 fully saturated rings. The maximum atomic E-state index is 5.68. The van der Waals surface area contributed by atoms with E-state index in [0.717, 1.165) is 26.1 Å². The Bertz CT molecular complexity index is 496. The van der Waals surface area contributed by atoms with Crippen LogP contribution in [0.5, 0.6) is 0 Å². The van der Waals surface area contributed by atoms with Gasteiger partial charge < -0.3 is 42.6 Å². The van der Waals surface area contributed by atoms with Crippen molar-refractivity contribution in [1.29, 1.82) is 0 Å². The largest absolute Gasteiger partial charge is 0.379 e. The van der Waals surface area contributed by atoms with Gasteiger partial charge in [0.25, 0.3) is 0 Å². The molecule has 0 amide bonds. The minimum Gasteiger partial charge on any atom is -0.379 e. The number of hydrogen-bond donors (Lipinski definition) is 0. The van der Waals surface area contributed by atoms with Crippen LogP contribution < -0.4 is 0 Å². The van der Waals surface area contributed by atoms with Gasteiger partial charge in [-0.25, -0.2) is 0 Å². The fraction of sp³-hybridized carbons (Fsp3) is 1.00. The minimum absolute atomic E-state index is 0.544. The molecule has 48 heavy (non-hydrogen) atoms. The Morgan fingerprint density at radius 1 is 0.167 bits per heavy atom. The SMILES string of the molecule is CCCCCCCCCCCCCCCCOCCOCCOCCOCCOCCOCCOCCOCCOCCCCCCC. The molecule has 0 saturated heterocycles. The van der Waals surface area contributed by atoms with E-state index in [4.69, 9.17) is 42.6 Å². The van der Waals surface area contributed by atoms with Gasteiger partial charge in [0, 0.05) is 13.2 Å². The summed E-state index contributed by atoms with van der Waals surface area (Å²) in [5.74, 6) is 0. The number of hydrogen-bond acceptors (Lipinski definition) is 9. The van der Waals surface area contributed by atoms with Gasteiger partial charge in [0.05, 0.1) is 106 Å². The summed E-state index contributed by atoms with van der Waals surface area (Å²) in [5.41, 5.74) is 0. The summed E-state index contributed by atoms with van der Waals surface area (Å²) in [6, 6.07) is 0. The Morgan fingerprint density at radius 3 is 0.500 bits per heavy atom. The summed E-state index contributed by atoms with van der Waals surface area (Å²) in [7, 11) is 0. The van der Waals surface area contributed by atoms with E-state index in [1.165, 1.54) is 109 Å². The fourth-order valence-corrected chi connectivity index (χ4v) is 5.07. The summed E-state index contributed by atoms with van der Waals surface area (Å²) in [4.78, 5) is 0. The monoisotopic (exact) mass is 693 g/mol. The van der Waals surface area contributed by atoms with Crippen molar-refractivity contribution in [2.24, 2.45) is 0 Å². The number of ether oxygens (including phenoxy) is 9. The summed E-state index contributed by atoms with van der Waals surface area (Å²) in [5, 5.41) is 0. The average Bonchev–Trinajstić information content (AvgIpc) is 3.10. The van der Waals surface area contributed by atoms with E-state index in [-0.39, 0.29) is 0 Å². The average molecular weight is 693 g/mol. The molecule has 0 N–H and O–H groups in total. The highest BCUT2D eigenvalue weighted by molar-refractivity contribution is 4.49. The van der Waals surface area contributed by atoms with E-state index in [1.54, 1.807) is 0 Å². The molecule has 0 heterocycles. The van der Waals surface area contributed by atoms with Crippen LogP contribution in [-0.4, -0.2) is 119 Å². The van der Waals surface area contributed by atoms with E-state index in [0.29, 0.717) is 106 Å². The lowest BCUT2D eigenvalue weighted by atomic mass is 10.0. The van der Waals surface area contributed by atoms with Crippen LogP contribution in [0.3, 0.4) is 0 Å². The summed E-state index contributed by atoms with van der Waals surface area (Å²) in [6.07, 6.45) is 25.6. The van der Waals surface area contributed by atoms with Crippen LogP contribution >= 0.6 is 0 Å². The van der Waals surface area contributed by atoms with E-state index in [9.17, 15) is 0 Å². The molecule has 0 bridgehead atoms. The molecule has 9 nitrogen and oxygen atoms in total. The minimum atomic E-state index is 0.544. The molecule has 0 atom stereocenters. The third-order valence-corrected chi connectivity index (χ3v) is 8.01. The molecule has 0 unspecified atom stereocenters. The molecule has 0 aliphatic carbocycles. The van der Waals surface area contributed by atoms with Crippen molar-refractivity contribution >= 4 is 0 Å². The standard InChI is InChI=1S/C39H80O9/c1-3-5-7-9-10-11-12-13-14-15-16-17-19-21-23-41-25-27-43-29-31-45-33-35-47-37-39-48-38-36-46-34-32-44-30-28-42-26-24-40-22-20-18-8-6-4-2/h3-39H2,1-2H3. The lowest BCUT2D eigenvalue weighted by Crippen LogP contribution is -2.15. The van der Waals surface area contributed by atoms with Crippen LogP contribution in [0.2, 0.25) is 0 Å². The predicted octanol–water partition coefficient (Wildman–Crippen LogP) is 8.59. The second kappa shape index (κ2) is 46.6. The third kappa shape index (κ3) is 45.6. The van der Waals surface area contributed by atoms with Crippen LogP contribution in [0.4, 0.5) is 0 Å². The molecular weight excluding hydrogens is 612 g/mol. The van der Waals surface area contributed by atoms with Crippen molar-refractivity contribution in [3.05, 3.63) is 0 Å². The van der Waals surface area contributed by atoms with E-state index < -0.39 is 0 Å². The van der Waals surface area contributed by atoms with E-state index >= 15 is 0 Å². The molecule has 0 aromatic carbocycles. The smallest absolute Gasteiger partial charge is 0.0701 e. The van der Waals surface area contributed by atoms with Gasteiger partial charge in [-0.05, 0) is 12.8 Å². The highest BCUT2D eigenvalue weighted by atomic mass is 16.6. The molecule has 290 valence electrons. The normalized spacial score (nSPS) is 11.6. The maximum Gasteiger partial charge on any atom is 0.0701 e. The zero-order chi connectivity index (χ0) is 34.5. The van der Waals surface area contributed by atoms with Gasteiger partial charge in [0.1, 0.15) is 0 Å². The van der Waals surface area contributed by atoms with Crippen LogP contribution in [0.15, 0.2) is 0 Å². The third-order valence-electron chi connectivity index (χ3n) is 8.01. The van der Waals surface area contributed by atoms with Gasteiger partial charge in [-0.15, -0.1) is 0 Å². The van der Waals surface area contributed by atoms with Crippen molar-refractivity contribution in [2.75, 3.05) is 119 Å². The molecule has 0 aliphatic heterocycles. The lowest BCUT2D eigenvalue weighted by Gasteiger charge is -2.09. The van der Waals surface area contributed by atoms with Crippen molar-refractivity contribution in [2.45, 2.75) is 136 Å². The number of rotatable bonds is 45. The molecular formula is C39H80O9. The molecule has 0 spiro atoms. The zero-order valence-corrected chi connectivity index (χ0v) is 31.8. The summed E-state index contributed by atoms with van der Waals surface area (Å²) < 4.78 is 49.9. The quantitative estimate of drug-likeness (QED) is 0.0583. The number of unbranched alkanes of at least 4 members (excludes halogenated alkanes) is 17. The van der Waals surface area contributed by atoms with Crippen molar-refractivity contribution < 1.29 is 42.6 Å². The molecule has 9 heteroatoms. The molecule has 0 aromatic heterocycles. The molecule has 0 saturated carbocycles. The Labute approximate surface area is 297 Å². The molecule has 0 aromatic rings. The highest BCUT2D eigenvalue weighted by Crippen LogP contribution is 2.13. The zero-order valence-electron chi connectivity index (χ0n) is 31.8. The first-order valence-corrected chi connectivity index (χ1v) is 20.1. The Hall–Kier alpha value is -0.360. The molecule has 0 radical (unpaired) electrons. The lowest BCUT2D eigenvalue weighted by molar-refractivity contribution is -0.0250. The maximum absolute atomic E-state index is 5.68. The first kappa shape index (κ1) is 47.6. The van der Waals surface area contributed by atoms with Crippen molar-refractivity contribution in [3.8, 4) is 0 Å². The Kier molecular flexibility index (Phi) is 46.3. The second-order valence-electron chi connectivity index (χ2n) is 12.5. The predicted molar refractivity (Wildman–Crippen MR) is 196 cm³/mol. The van der Waals surface area contributed by atoms with Crippen LogP contribution in [-0.2, 0) is 42.6 Å². The van der Waals surface area contributed by atoms with Gasteiger partial charge in [-0.3, -0.25) is 0 Å². The van der Waals surface area contributed by atoms with E-state index in [1.807, 2.05) is 0 Å². The second-order valence-corrected chi connectivity index (χ2v) is 12.5. The van der Waals surface area contributed by atoms with Crippen molar-refractivity contribution in [3.63, 3.8) is 0 Å². The van der Waals surface area contributed by atoms with Gasteiger partial charge in [-0.2, -0.15) is 0 Å². The first-order chi connectivity index (χ1) is 23.9. The molecule has 0 aliphatic rings. The van der Waals surface area contributed by atoms with Gasteiger partial charge in [0.2, 0.25) is 0 Å². The highest BCUT2D eigenvalue weighted by Gasteiger charge is 1.97. The fourth-order valence-electron chi connectivity index (χ4n) is 5.07. The van der Waals surface area contributed by atoms with E-state index in [2.05, 4.69) is 13.8 Å². The molecule has 0 rings (SSSR count). The Morgan fingerprint density at radius 2 is 0.312 bits per heavy atom. The van der Waals surface area contributed by atoms with Crippen LogP contribution in [0.1, 0.15) is 136 Å². The van der Waals surface area contributed by atoms with Crippen LogP contribution in [0, 0.1) is 0 Å². The van der Waals surface area contributed by atoms with Gasteiger partial charge in [-0.1, -0.05) is 123 Å². The Balaban J connectivity index is 3.04. The summed E-state index contributed by atoms with van der Waals surface area (Å²) >= 11 is 0. The first-order valence-electron chi connectivity index (χ1n) is 20.1. The van der Waals surface area contributed by atoms with Crippen molar-refractivity contribution in [1.82, 2.24) is 0 Å². The van der Waals surface area contributed by atoms with Crippen LogP contribution in [0.25, 0.3) is 0 Å². The topological polar surface area (TPSA) is 83.1 Å².